The summed E-state index contributed by atoms with van der Waals surface area (Å²) in [5, 5.41) is 9.88. The van der Waals surface area contributed by atoms with Gasteiger partial charge in [0.25, 0.3) is 0 Å². The van der Waals surface area contributed by atoms with Crippen molar-refractivity contribution >= 4 is 0 Å². The molecule has 0 aromatic rings. The van der Waals surface area contributed by atoms with Crippen LogP contribution < -0.4 is 0 Å². The van der Waals surface area contributed by atoms with Gasteiger partial charge in [-0.2, -0.15) is 0 Å². The van der Waals surface area contributed by atoms with Crippen molar-refractivity contribution in [1.82, 2.24) is 9.80 Å². The molecule has 1 saturated heterocycles. The Labute approximate surface area is 99.4 Å². The van der Waals surface area contributed by atoms with E-state index in [9.17, 15) is 5.11 Å². The summed E-state index contributed by atoms with van der Waals surface area (Å²) in [4.78, 5) is 4.90. The van der Waals surface area contributed by atoms with Gasteiger partial charge in [0.15, 0.2) is 0 Å². The van der Waals surface area contributed by atoms with Gasteiger partial charge in [-0.05, 0) is 52.2 Å². The predicted molar refractivity (Wildman–Crippen MR) is 66.5 cm³/mol. The summed E-state index contributed by atoms with van der Waals surface area (Å²) in [6, 6.07) is 0.725. The van der Waals surface area contributed by atoms with Crippen LogP contribution in [0.2, 0.25) is 0 Å². The Morgan fingerprint density at radius 2 is 2.00 bits per heavy atom. The Kier molecular flexibility index (Phi) is 4.22. The largest absolute Gasteiger partial charge is 0.393 e. The zero-order valence-corrected chi connectivity index (χ0v) is 10.7. The summed E-state index contributed by atoms with van der Waals surface area (Å²) >= 11 is 0. The molecule has 94 valence electrons. The molecule has 16 heavy (non-hydrogen) atoms. The number of aliphatic hydroxyl groups is 1. The minimum Gasteiger partial charge on any atom is -0.393 e. The monoisotopic (exact) mass is 226 g/mol. The van der Waals surface area contributed by atoms with Gasteiger partial charge in [-0.3, -0.25) is 4.90 Å². The summed E-state index contributed by atoms with van der Waals surface area (Å²) in [6.45, 7) is 3.53. The molecule has 3 atom stereocenters. The Hall–Kier alpha value is -0.120. The maximum absolute atomic E-state index is 9.88. The Morgan fingerprint density at radius 1 is 1.19 bits per heavy atom. The molecule has 2 aliphatic rings. The lowest BCUT2D eigenvalue weighted by Gasteiger charge is -2.30. The van der Waals surface area contributed by atoms with Crippen molar-refractivity contribution in [1.29, 1.82) is 0 Å². The number of aliphatic hydroxyl groups excluding tert-OH is 1. The minimum atomic E-state index is -0.0272. The van der Waals surface area contributed by atoms with Crippen molar-refractivity contribution in [3.05, 3.63) is 0 Å². The third kappa shape index (κ3) is 2.96. The van der Waals surface area contributed by atoms with Gasteiger partial charge in [-0.1, -0.05) is 6.42 Å². The van der Waals surface area contributed by atoms with Crippen LogP contribution in [-0.4, -0.2) is 60.8 Å². The third-order valence-corrected chi connectivity index (χ3v) is 4.16. The highest BCUT2D eigenvalue weighted by atomic mass is 16.3. The first-order chi connectivity index (χ1) is 7.66. The van der Waals surface area contributed by atoms with E-state index in [-0.39, 0.29) is 6.10 Å². The van der Waals surface area contributed by atoms with E-state index < -0.39 is 0 Å². The maximum atomic E-state index is 9.88. The van der Waals surface area contributed by atoms with E-state index in [1.165, 1.54) is 38.8 Å². The van der Waals surface area contributed by atoms with Gasteiger partial charge >= 0.3 is 0 Å². The molecule has 0 bridgehead atoms. The highest BCUT2D eigenvalue weighted by Gasteiger charge is 2.31. The van der Waals surface area contributed by atoms with Crippen LogP contribution in [-0.2, 0) is 0 Å². The van der Waals surface area contributed by atoms with E-state index in [2.05, 4.69) is 23.9 Å². The normalized spacial score (nSPS) is 36.4. The van der Waals surface area contributed by atoms with Crippen LogP contribution in [0.4, 0.5) is 0 Å². The minimum absolute atomic E-state index is 0.0272. The van der Waals surface area contributed by atoms with Crippen LogP contribution in [0.1, 0.15) is 32.1 Å². The van der Waals surface area contributed by atoms with Crippen LogP contribution in [0.25, 0.3) is 0 Å². The second kappa shape index (κ2) is 5.48. The highest BCUT2D eigenvalue weighted by Crippen LogP contribution is 2.29. The molecular weight excluding hydrogens is 200 g/mol. The van der Waals surface area contributed by atoms with Crippen LogP contribution in [0.3, 0.4) is 0 Å². The molecule has 3 heteroatoms. The molecule has 0 radical (unpaired) electrons. The first-order valence-electron chi connectivity index (χ1n) is 6.73. The molecule has 0 aromatic heterocycles. The summed E-state index contributed by atoms with van der Waals surface area (Å²) in [5.74, 6) is 0.544. The standard InChI is InChI=1S/C13H26N2O/c1-14(2)10-12-6-4-8-15(12)9-11-5-3-7-13(11)16/h11-13,16H,3-10H2,1-2H3. The van der Waals surface area contributed by atoms with Crippen molar-refractivity contribution < 1.29 is 5.11 Å². The van der Waals surface area contributed by atoms with E-state index in [1.807, 2.05) is 0 Å². The summed E-state index contributed by atoms with van der Waals surface area (Å²) in [5.41, 5.74) is 0. The van der Waals surface area contributed by atoms with Crippen LogP contribution in [0.5, 0.6) is 0 Å². The molecule has 1 heterocycles. The fraction of sp³-hybridized carbons (Fsp3) is 1.00. The number of hydrogen-bond donors (Lipinski definition) is 1. The fourth-order valence-electron chi connectivity index (χ4n) is 3.30. The maximum Gasteiger partial charge on any atom is 0.0580 e. The topological polar surface area (TPSA) is 26.7 Å². The number of hydrogen-bond acceptors (Lipinski definition) is 3. The second-order valence-electron chi connectivity index (χ2n) is 5.81. The molecule has 0 spiro atoms. The first kappa shape index (κ1) is 12.3. The number of likely N-dealkylation sites (tertiary alicyclic amines) is 1. The molecule has 0 aromatic carbocycles. The van der Waals surface area contributed by atoms with E-state index in [4.69, 9.17) is 0 Å². The van der Waals surface area contributed by atoms with E-state index in [0.717, 1.165) is 19.0 Å². The van der Waals surface area contributed by atoms with Gasteiger partial charge in [0.2, 0.25) is 0 Å². The highest BCUT2D eigenvalue weighted by molar-refractivity contribution is 4.86. The smallest absolute Gasteiger partial charge is 0.0580 e. The molecule has 1 aliphatic heterocycles. The van der Waals surface area contributed by atoms with Crippen molar-refractivity contribution in [2.45, 2.75) is 44.2 Å². The van der Waals surface area contributed by atoms with Crippen molar-refractivity contribution in [2.75, 3.05) is 33.7 Å². The SMILES string of the molecule is CN(C)CC1CCCN1CC1CCCC1O. The zero-order valence-electron chi connectivity index (χ0n) is 10.7. The summed E-state index contributed by atoms with van der Waals surface area (Å²) in [7, 11) is 4.31. The first-order valence-corrected chi connectivity index (χ1v) is 6.73. The molecule has 3 nitrogen and oxygen atoms in total. The lowest BCUT2D eigenvalue weighted by Crippen LogP contribution is -2.41. The quantitative estimate of drug-likeness (QED) is 0.779. The average Bonchev–Trinajstić information content (AvgIpc) is 2.78. The van der Waals surface area contributed by atoms with Gasteiger partial charge in [-0.25, -0.2) is 0 Å². The summed E-state index contributed by atoms with van der Waals surface area (Å²) in [6.07, 6.45) is 6.12. The van der Waals surface area contributed by atoms with Crippen LogP contribution in [0, 0.1) is 5.92 Å². The predicted octanol–water partition coefficient (Wildman–Crippen LogP) is 1.17. The molecule has 2 fully saturated rings. The Bertz CT molecular complexity index is 220. The van der Waals surface area contributed by atoms with Crippen LogP contribution in [0.15, 0.2) is 0 Å². The third-order valence-electron chi connectivity index (χ3n) is 4.16. The molecule has 1 aliphatic carbocycles. The fourth-order valence-corrected chi connectivity index (χ4v) is 3.30. The Balaban J connectivity index is 1.83. The molecule has 0 amide bonds. The molecule has 1 saturated carbocycles. The molecular formula is C13H26N2O. The molecule has 3 unspecified atom stereocenters. The molecule has 2 rings (SSSR count). The van der Waals surface area contributed by atoms with Gasteiger partial charge in [-0.15, -0.1) is 0 Å². The average molecular weight is 226 g/mol. The van der Waals surface area contributed by atoms with Gasteiger partial charge < -0.3 is 10.0 Å². The van der Waals surface area contributed by atoms with Crippen molar-refractivity contribution in [3.63, 3.8) is 0 Å². The van der Waals surface area contributed by atoms with E-state index in [1.54, 1.807) is 0 Å². The van der Waals surface area contributed by atoms with Gasteiger partial charge in [0, 0.05) is 19.1 Å². The number of likely N-dealkylation sites (N-methyl/N-ethyl adjacent to an activating group) is 1. The number of rotatable bonds is 4. The van der Waals surface area contributed by atoms with Crippen molar-refractivity contribution in [2.24, 2.45) is 5.92 Å². The van der Waals surface area contributed by atoms with Crippen LogP contribution >= 0.6 is 0 Å². The lowest BCUT2D eigenvalue weighted by atomic mass is 10.0. The zero-order chi connectivity index (χ0) is 11.5. The Morgan fingerprint density at radius 3 is 2.62 bits per heavy atom. The van der Waals surface area contributed by atoms with Crippen molar-refractivity contribution in [3.8, 4) is 0 Å². The molecule has 1 N–H and O–H groups in total. The summed E-state index contributed by atoms with van der Waals surface area (Å²) < 4.78 is 0. The van der Waals surface area contributed by atoms with Gasteiger partial charge in [0.05, 0.1) is 6.10 Å². The van der Waals surface area contributed by atoms with E-state index >= 15 is 0 Å². The van der Waals surface area contributed by atoms with Gasteiger partial charge in [0.1, 0.15) is 0 Å². The second-order valence-corrected chi connectivity index (χ2v) is 5.81. The number of nitrogens with zero attached hydrogens (tertiary/aromatic N) is 2. The van der Waals surface area contributed by atoms with E-state index in [0.29, 0.717) is 5.92 Å². The lowest BCUT2D eigenvalue weighted by molar-refractivity contribution is 0.0928.